The number of thiophene rings is 1. The van der Waals surface area contributed by atoms with E-state index in [4.69, 9.17) is 4.65 Å². The molecule has 2 saturated heterocycles. The number of imide groups is 1. The molecule has 0 spiro atoms. The molecule has 2 amide bonds. The first-order valence-corrected chi connectivity index (χ1v) is 15.9. The zero-order chi connectivity index (χ0) is 30.1. The highest BCUT2D eigenvalue weighted by Crippen LogP contribution is 2.51. The fraction of sp³-hybridized carbons (Fsp3) is 0.353. The predicted molar refractivity (Wildman–Crippen MR) is 166 cm³/mol. The van der Waals surface area contributed by atoms with Gasteiger partial charge in [0, 0.05) is 4.88 Å². The van der Waals surface area contributed by atoms with Crippen molar-refractivity contribution in [3.8, 4) is 5.75 Å². The van der Waals surface area contributed by atoms with E-state index in [0.29, 0.717) is 37.7 Å². The lowest BCUT2D eigenvalue weighted by Gasteiger charge is -2.43. The van der Waals surface area contributed by atoms with Crippen molar-refractivity contribution in [3.05, 3.63) is 99.0 Å². The van der Waals surface area contributed by atoms with E-state index in [9.17, 15) is 24.1 Å². The van der Waals surface area contributed by atoms with Crippen LogP contribution in [0.3, 0.4) is 0 Å². The Bertz CT molecular complexity index is 1560. The van der Waals surface area contributed by atoms with E-state index in [-0.39, 0.29) is 17.7 Å². The standard InChI is InChI=1S/C34H35BFNO5S/c1-2-7-24-18-26-32(34(40)37(33(26)39)20-25-10-6-15-43-25)27-19-35(41)42-30(31(24)27)14-12-23(22-8-4-3-5-9-22)16-21-11-13-29(38)28(36)17-21/h3-6,8-11,13,15-17,26-27,30,32,38,41H,2,7,12,14,18-20H2,1H3/b23-16-/t26-,27+,30-,32-/m1/s1. The van der Waals surface area contributed by atoms with Crippen molar-refractivity contribution in [1.29, 1.82) is 0 Å². The zero-order valence-corrected chi connectivity index (χ0v) is 24.9. The van der Waals surface area contributed by atoms with Gasteiger partial charge in [-0.15, -0.1) is 11.3 Å². The van der Waals surface area contributed by atoms with Crippen LogP contribution in [0.1, 0.15) is 55.0 Å². The minimum absolute atomic E-state index is 0.107. The molecule has 3 heterocycles. The van der Waals surface area contributed by atoms with Crippen LogP contribution in [0.2, 0.25) is 6.32 Å². The second-order valence-electron chi connectivity index (χ2n) is 11.7. The van der Waals surface area contributed by atoms with Crippen molar-refractivity contribution >= 4 is 41.9 Å². The number of hydrogen-bond donors (Lipinski definition) is 2. The number of amides is 2. The molecule has 2 aromatic carbocycles. The summed E-state index contributed by atoms with van der Waals surface area (Å²) in [6, 6.07) is 18.0. The molecule has 0 unspecified atom stereocenters. The molecule has 2 N–H and O–H groups in total. The Morgan fingerprint density at radius 1 is 1.12 bits per heavy atom. The zero-order valence-electron chi connectivity index (χ0n) is 24.1. The molecule has 9 heteroatoms. The Morgan fingerprint density at radius 2 is 1.93 bits per heavy atom. The average Bonchev–Trinajstić information content (AvgIpc) is 3.60. The van der Waals surface area contributed by atoms with Crippen molar-refractivity contribution in [2.24, 2.45) is 17.8 Å². The van der Waals surface area contributed by atoms with Gasteiger partial charge in [0.1, 0.15) is 0 Å². The molecule has 6 nitrogen and oxygen atoms in total. The van der Waals surface area contributed by atoms with Crippen molar-refractivity contribution < 1.29 is 28.8 Å². The maximum atomic E-state index is 14.2. The predicted octanol–water partition coefficient (Wildman–Crippen LogP) is 6.71. The molecule has 0 radical (unpaired) electrons. The van der Waals surface area contributed by atoms with Crippen LogP contribution in [0.4, 0.5) is 4.39 Å². The monoisotopic (exact) mass is 599 g/mol. The minimum atomic E-state index is -1.04. The van der Waals surface area contributed by atoms with Crippen LogP contribution >= 0.6 is 11.3 Å². The van der Waals surface area contributed by atoms with Gasteiger partial charge in [0.25, 0.3) is 0 Å². The summed E-state index contributed by atoms with van der Waals surface area (Å²) in [5, 5.41) is 22.5. The molecule has 1 aromatic heterocycles. The molecule has 2 fully saturated rings. The number of halogens is 1. The molecule has 2 aliphatic heterocycles. The first-order chi connectivity index (χ1) is 20.8. The number of rotatable bonds is 9. The molecule has 1 aliphatic carbocycles. The van der Waals surface area contributed by atoms with Crippen LogP contribution in [0.15, 0.2) is 77.2 Å². The van der Waals surface area contributed by atoms with Gasteiger partial charge in [0.2, 0.25) is 11.8 Å². The van der Waals surface area contributed by atoms with Crippen LogP contribution in [0, 0.1) is 23.6 Å². The summed E-state index contributed by atoms with van der Waals surface area (Å²) in [6.45, 7) is 2.40. The van der Waals surface area contributed by atoms with Crippen LogP contribution < -0.4 is 0 Å². The van der Waals surface area contributed by atoms with Crippen LogP contribution in [0.25, 0.3) is 11.6 Å². The molecule has 43 heavy (non-hydrogen) atoms. The highest BCUT2D eigenvalue weighted by Gasteiger charge is 2.57. The summed E-state index contributed by atoms with van der Waals surface area (Å²) >= 11 is 1.53. The van der Waals surface area contributed by atoms with Gasteiger partial charge in [-0.1, -0.05) is 67.5 Å². The Morgan fingerprint density at radius 3 is 2.65 bits per heavy atom. The van der Waals surface area contributed by atoms with E-state index in [1.165, 1.54) is 33.9 Å². The normalized spacial score (nSPS) is 24.0. The number of hydrogen-bond acceptors (Lipinski definition) is 6. The number of carbonyl (C=O) groups is 2. The van der Waals surface area contributed by atoms with Crippen molar-refractivity contribution in [1.82, 2.24) is 4.90 Å². The molecule has 0 bridgehead atoms. The summed E-state index contributed by atoms with van der Waals surface area (Å²) in [6.07, 6.45) is 5.18. The fourth-order valence-corrected chi connectivity index (χ4v) is 7.83. The molecule has 3 aliphatic rings. The second-order valence-corrected chi connectivity index (χ2v) is 12.7. The number of phenols is 1. The molecule has 222 valence electrons. The van der Waals surface area contributed by atoms with E-state index < -0.39 is 36.6 Å². The largest absolute Gasteiger partial charge is 0.505 e. The van der Waals surface area contributed by atoms with Crippen LogP contribution in [-0.2, 0) is 20.8 Å². The number of nitrogens with zero attached hydrogens (tertiary/aromatic N) is 1. The van der Waals surface area contributed by atoms with Gasteiger partial charge in [0.05, 0.1) is 24.5 Å². The summed E-state index contributed by atoms with van der Waals surface area (Å²) in [4.78, 5) is 29.8. The number of carbonyl (C=O) groups excluding carboxylic acids is 2. The van der Waals surface area contributed by atoms with E-state index in [2.05, 4.69) is 6.92 Å². The smallest absolute Gasteiger partial charge is 0.455 e. The number of likely N-dealkylation sites (tertiary alicyclic amines) is 1. The fourth-order valence-electron chi connectivity index (χ4n) is 7.13. The van der Waals surface area contributed by atoms with Gasteiger partial charge in [-0.05, 0) is 83.8 Å². The summed E-state index contributed by atoms with van der Waals surface area (Å²) in [5.74, 6) is -2.48. The average molecular weight is 600 g/mol. The highest BCUT2D eigenvalue weighted by atomic mass is 32.1. The van der Waals surface area contributed by atoms with Gasteiger partial charge in [0.15, 0.2) is 11.6 Å². The lowest BCUT2D eigenvalue weighted by atomic mass is 9.58. The van der Waals surface area contributed by atoms with Gasteiger partial charge >= 0.3 is 7.12 Å². The number of allylic oxidation sites excluding steroid dienone is 2. The third-order valence-corrected chi connectivity index (χ3v) is 9.84. The second kappa shape index (κ2) is 12.6. The quantitative estimate of drug-likeness (QED) is 0.124. The molecule has 6 rings (SSSR count). The SMILES string of the molecule is CCCC1=C2[C@@H](CC/C(=C/c3ccc(O)c(F)c3)c3ccccc3)OB(O)C[C@@H]2[C@@H]2C(=O)N(Cc3cccs3)C(=O)[C@@H]2C1. The first-order valence-electron chi connectivity index (χ1n) is 15.0. The molecule has 4 atom stereocenters. The van der Waals surface area contributed by atoms with Crippen LogP contribution in [0.5, 0.6) is 5.75 Å². The maximum absolute atomic E-state index is 14.2. The van der Waals surface area contributed by atoms with Gasteiger partial charge < -0.3 is 14.8 Å². The highest BCUT2D eigenvalue weighted by molar-refractivity contribution is 7.09. The number of aromatic hydroxyl groups is 1. The van der Waals surface area contributed by atoms with Gasteiger partial charge in [-0.3, -0.25) is 14.5 Å². The first kappa shape index (κ1) is 29.5. The van der Waals surface area contributed by atoms with E-state index in [1.807, 2.05) is 53.9 Å². The summed E-state index contributed by atoms with van der Waals surface area (Å²) < 4.78 is 20.4. The Kier molecular flexibility index (Phi) is 8.66. The van der Waals surface area contributed by atoms with Crippen molar-refractivity contribution in [3.63, 3.8) is 0 Å². The Hall–Kier alpha value is -3.53. The Balaban J connectivity index is 1.31. The number of phenolic OH excluding ortho intramolecular Hbond substituents is 1. The maximum Gasteiger partial charge on any atom is 0.455 e. The van der Waals surface area contributed by atoms with Crippen molar-refractivity contribution in [2.75, 3.05) is 0 Å². The third-order valence-electron chi connectivity index (χ3n) is 8.98. The van der Waals surface area contributed by atoms with Gasteiger partial charge in [-0.25, -0.2) is 4.39 Å². The molecule has 3 aromatic rings. The molecular formula is C34H35BFNO5S. The minimum Gasteiger partial charge on any atom is -0.505 e. The van der Waals surface area contributed by atoms with Crippen molar-refractivity contribution in [2.45, 2.75) is 58.0 Å². The lowest BCUT2D eigenvalue weighted by Crippen LogP contribution is -2.46. The topological polar surface area (TPSA) is 87.1 Å². The summed E-state index contributed by atoms with van der Waals surface area (Å²) in [7, 11) is -1.04. The van der Waals surface area contributed by atoms with Gasteiger partial charge in [-0.2, -0.15) is 0 Å². The van der Waals surface area contributed by atoms with E-state index in [1.54, 1.807) is 6.07 Å². The molecular weight excluding hydrogens is 564 g/mol. The Labute approximate surface area is 255 Å². The van der Waals surface area contributed by atoms with E-state index in [0.717, 1.165) is 34.4 Å². The number of benzene rings is 2. The van der Waals surface area contributed by atoms with Crippen LogP contribution in [-0.4, -0.2) is 40.1 Å². The molecule has 0 saturated carbocycles. The number of fused-ring (bicyclic) bond motifs is 3. The third kappa shape index (κ3) is 5.99. The summed E-state index contributed by atoms with van der Waals surface area (Å²) in [5.41, 5.74) is 4.83. The van der Waals surface area contributed by atoms with E-state index >= 15 is 0 Å². The lowest BCUT2D eigenvalue weighted by molar-refractivity contribution is -0.140.